The first-order valence-corrected chi connectivity index (χ1v) is 7.32. The Morgan fingerprint density at radius 2 is 1.90 bits per heavy atom. The van der Waals surface area contributed by atoms with Crippen LogP contribution in [0.25, 0.3) is 0 Å². The Balaban J connectivity index is 3.19. The van der Waals surface area contributed by atoms with Crippen LogP contribution in [0, 0.1) is 5.41 Å². The maximum absolute atomic E-state index is 6.10. The second kappa shape index (κ2) is 7.30. The van der Waals surface area contributed by atoms with Gasteiger partial charge in [0.25, 0.3) is 0 Å². The summed E-state index contributed by atoms with van der Waals surface area (Å²) in [6.45, 7) is 9.50. The number of benzene rings is 1. The molecule has 2 atom stereocenters. The van der Waals surface area contributed by atoms with Crippen LogP contribution in [-0.4, -0.2) is 26.9 Å². The lowest BCUT2D eigenvalue weighted by Gasteiger charge is -2.36. The second-order valence-corrected chi connectivity index (χ2v) is 6.36. The molecule has 3 nitrogen and oxygen atoms in total. The molecule has 1 rings (SSSR count). The summed E-state index contributed by atoms with van der Waals surface area (Å²) in [5.41, 5.74) is 1.14. The fourth-order valence-electron chi connectivity index (χ4n) is 2.48. The SMILES string of the molecule is CCNC(c1ccc(Cl)c(OC)c1)C(OC)C(C)(C)C. The number of rotatable bonds is 6. The van der Waals surface area contributed by atoms with Crippen molar-refractivity contribution in [1.29, 1.82) is 0 Å². The van der Waals surface area contributed by atoms with E-state index in [9.17, 15) is 0 Å². The standard InChI is InChI=1S/C16H26ClNO2/c1-7-18-14(15(20-6)16(2,3)4)11-8-9-12(17)13(10-11)19-5/h8-10,14-15,18H,7H2,1-6H3. The van der Waals surface area contributed by atoms with Gasteiger partial charge in [0.2, 0.25) is 0 Å². The third-order valence-electron chi connectivity index (χ3n) is 3.37. The molecule has 1 aromatic rings. The van der Waals surface area contributed by atoms with Gasteiger partial charge in [-0.1, -0.05) is 45.4 Å². The third-order valence-corrected chi connectivity index (χ3v) is 3.68. The van der Waals surface area contributed by atoms with E-state index in [1.165, 1.54) is 0 Å². The average Bonchev–Trinajstić information content (AvgIpc) is 2.37. The van der Waals surface area contributed by atoms with Crippen LogP contribution in [0.5, 0.6) is 5.75 Å². The average molecular weight is 300 g/mol. The molecule has 0 heterocycles. The van der Waals surface area contributed by atoms with Crippen molar-refractivity contribution in [2.24, 2.45) is 5.41 Å². The van der Waals surface area contributed by atoms with Crippen LogP contribution in [-0.2, 0) is 4.74 Å². The third kappa shape index (κ3) is 4.11. The molecule has 0 spiro atoms. The molecule has 114 valence electrons. The molecule has 0 aliphatic rings. The van der Waals surface area contributed by atoms with E-state index in [1.54, 1.807) is 14.2 Å². The molecule has 1 aromatic carbocycles. The van der Waals surface area contributed by atoms with E-state index in [0.717, 1.165) is 12.1 Å². The molecule has 0 fully saturated rings. The fourth-order valence-corrected chi connectivity index (χ4v) is 2.67. The molecular formula is C16H26ClNO2. The van der Waals surface area contributed by atoms with Crippen LogP contribution in [0.1, 0.15) is 39.3 Å². The minimum absolute atomic E-state index is 0.0223. The van der Waals surface area contributed by atoms with Crippen molar-refractivity contribution in [3.05, 3.63) is 28.8 Å². The summed E-state index contributed by atoms with van der Waals surface area (Å²) in [4.78, 5) is 0. The van der Waals surface area contributed by atoms with Crippen LogP contribution >= 0.6 is 11.6 Å². The normalized spacial score (nSPS) is 14.9. The lowest BCUT2D eigenvalue weighted by molar-refractivity contribution is -0.0116. The molecule has 0 aromatic heterocycles. The second-order valence-electron chi connectivity index (χ2n) is 5.95. The molecule has 0 saturated heterocycles. The Bertz CT molecular complexity index is 429. The highest BCUT2D eigenvalue weighted by Crippen LogP contribution is 2.35. The quantitative estimate of drug-likeness (QED) is 0.859. The topological polar surface area (TPSA) is 30.5 Å². The molecule has 0 aliphatic carbocycles. The Morgan fingerprint density at radius 3 is 2.35 bits per heavy atom. The zero-order valence-electron chi connectivity index (χ0n) is 13.3. The van der Waals surface area contributed by atoms with Gasteiger partial charge in [0, 0.05) is 7.11 Å². The Hall–Kier alpha value is -0.770. The van der Waals surface area contributed by atoms with Gasteiger partial charge in [-0.2, -0.15) is 0 Å². The molecule has 1 N–H and O–H groups in total. The minimum atomic E-state index is 0.0223. The van der Waals surface area contributed by atoms with E-state index in [0.29, 0.717) is 10.8 Å². The van der Waals surface area contributed by atoms with Crippen molar-refractivity contribution in [3.63, 3.8) is 0 Å². The van der Waals surface area contributed by atoms with Gasteiger partial charge in [0.05, 0.1) is 24.3 Å². The van der Waals surface area contributed by atoms with Crippen molar-refractivity contribution in [2.75, 3.05) is 20.8 Å². The summed E-state index contributed by atoms with van der Waals surface area (Å²) in [6.07, 6.45) is 0.0494. The molecule has 0 radical (unpaired) electrons. The predicted octanol–water partition coefficient (Wildman–Crippen LogP) is 4.06. The first kappa shape index (κ1) is 17.3. The van der Waals surface area contributed by atoms with Crippen LogP contribution in [0.15, 0.2) is 18.2 Å². The number of methoxy groups -OCH3 is 2. The molecular weight excluding hydrogens is 274 g/mol. The number of hydrogen-bond donors (Lipinski definition) is 1. The molecule has 0 aliphatic heterocycles. The molecule has 2 unspecified atom stereocenters. The fraction of sp³-hybridized carbons (Fsp3) is 0.625. The van der Waals surface area contributed by atoms with Gasteiger partial charge in [-0.25, -0.2) is 0 Å². The van der Waals surface area contributed by atoms with E-state index in [2.05, 4.69) is 33.0 Å². The molecule has 20 heavy (non-hydrogen) atoms. The van der Waals surface area contributed by atoms with Crippen molar-refractivity contribution >= 4 is 11.6 Å². The summed E-state index contributed by atoms with van der Waals surface area (Å²) >= 11 is 6.10. The van der Waals surface area contributed by atoms with Crippen molar-refractivity contribution in [1.82, 2.24) is 5.32 Å². The monoisotopic (exact) mass is 299 g/mol. The van der Waals surface area contributed by atoms with E-state index >= 15 is 0 Å². The summed E-state index contributed by atoms with van der Waals surface area (Å²) < 4.78 is 11.1. The van der Waals surface area contributed by atoms with Crippen LogP contribution < -0.4 is 10.1 Å². The highest BCUT2D eigenvalue weighted by atomic mass is 35.5. The minimum Gasteiger partial charge on any atom is -0.495 e. The Labute approximate surface area is 127 Å². The molecule has 0 amide bonds. The number of hydrogen-bond acceptors (Lipinski definition) is 3. The summed E-state index contributed by atoms with van der Waals surface area (Å²) in [7, 11) is 3.39. The van der Waals surface area contributed by atoms with Crippen LogP contribution in [0.2, 0.25) is 5.02 Å². The molecule has 0 bridgehead atoms. The van der Waals surface area contributed by atoms with Crippen LogP contribution in [0.3, 0.4) is 0 Å². The van der Waals surface area contributed by atoms with Gasteiger partial charge in [0.15, 0.2) is 0 Å². The van der Waals surface area contributed by atoms with E-state index in [4.69, 9.17) is 21.1 Å². The Kier molecular flexibility index (Phi) is 6.31. The highest BCUT2D eigenvalue weighted by molar-refractivity contribution is 6.32. The van der Waals surface area contributed by atoms with Gasteiger partial charge < -0.3 is 14.8 Å². The Morgan fingerprint density at radius 1 is 1.25 bits per heavy atom. The van der Waals surface area contributed by atoms with E-state index < -0.39 is 0 Å². The number of likely N-dealkylation sites (N-methyl/N-ethyl adjacent to an activating group) is 1. The van der Waals surface area contributed by atoms with Gasteiger partial charge in [0.1, 0.15) is 5.75 Å². The van der Waals surface area contributed by atoms with Crippen molar-refractivity contribution in [2.45, 2.75) is 39.8 Å². The van der Waals surface area contributed by atoms with Crippen molar-refractivity contribution in [3.8, 4) is 5.75 Å². The maximum atomic E-state index is 6.10. The van der Waals surface area contributed by atoms with E-state index in [1.807, 2.05) is 18.2 Å². The predicted molar refractivity (Wildman–Crippen MR) is 84.7 cm³/mol. The zero-order valence-corrected chi connectivity index (χ0v) is 14.0. The van der Waals surface area contributed by atoms with Crippen molar-refractivity contribution < 1.29 is 9.47 Å². The number of halogens is 1. The smallest absolute Gasteiger partial charge is 0.137 e. The largest absolute Gasteiger partial charge is 0.495 e. The van der Waals surface area contributed by atoms with Gasteiger partial charge in [-0.15, -0.1) is 0 Å². The van der Waals surface area contributed by atoms with Crippen LogP contribution in [0.4, 0.5) is 0 Å². The lowest BCUT2D eigenvalue weighted by atomic mass is 9.82. The first-order valence-electron chi connectivity index (χ1n) is 6.94. The zero-order chi connectivity index (χ0) is 15.3. The van der Waals surface area contributed by atoms with Gasteiger partial charge >= 0.3 is 0 Å². The summed E-state index contributed by atoms with van der Waals surface area (Å²) in [6, 6.07) is 5.97. The summed E-state index contributed by atoms with van der Waals surface area (Å²) in [5, 5.41) is 4.13. The molecule has 0 saturated carbocycles. The van der Waals surface area contributed by atoms with Gasteiger partial charge in [-0.3, -0.25) is 0 Å². The number of nitrogens with one attached hydrogen (secondary N) is 1. The van der Waals surface area contributed by atoms with E-state index in [-0.39, 0.29) is 17.6 Å². The summed E-state index contributed by atoms with van der Waals surface area (Å²) in [5.74, 6) is 0.691. The molecule has 4 heteroatoms. The number of ether oxygens (including phenoxy) is 2. The first-order chi connectivity index (χ1) is 9.35. The maximum Gasteiger partial charge on any atom is 0.137 e. The highest BCUT2D eigenvalue weighted by Gasteiger charge is 2.33. The lowest BCUT2D eigenvalue weighted by Crippen LogP contribution is -2.41. The van der Waals surface area contributed by atoms with Gasteiger partial charge in [-0.05, 0) is 29.7 Å².